The van der Waals surface area contributed by atoms with Gasteiger partial charge in [-0.3, -0.25) is 9.59 Å². The topological polar surface area (TPSA) is 70.2 Å². The van der Waals surface area contributed by atoms with Gasteiger partial charge in [-0.2, -0.15) is 0 Å². The molecule has 0 saturated carbocycles. The number of hydrogen-bond donors (Lipinski definition) is 3. The summed E-state index contributed by atoms with van der Waals surface area (Å²) in [6, 6.07) is 12.8. The van der Waals surface area contributed by atoms with Gasteiger partial charge >= 0.3 is 0 Å². The summed E-state index contributed by atoms with van der Waals surface area (Å²) in [6.07, 6.45) is 0. The number of rotatable bonds is 6. The Labute approximate surface area is 140 Å². The molecule has 2 amide bonds. The van der Waals surface area contributed by atoms with Gasteiger partial charge in [0.05, 0.1) is 12.2 Å². The van der Waals surface area contributed by atoms with Gasteiger partial charge < -0.3 is 16.0 Å². The molecule has 0 fully saturated rings. The molecule has 0 aliphatic carbocycles. The third kappa shape index (κ3) is 5.08. The number of amides is 2. The lowest BCUT2D eigenvalue weighted by Crippen LogP contribution is -2.30. The zero-order valence-electron chi connectivity index (χ0n) is 13.6. The monoisotopic (exact) mass is 329 g/mol. The lowest BCUT2D eigenvalue weighted by Gasteiger charge is -2.11. The zero-order valence-corrected chi connectivity index (χ0v) is 13.6. The minimum absolute atomic E-state index is 0.0284. The second-order valence-electron chi connectivity index (χ2n) is 5.59. The van der Waals surface area contributed by atoms with Crippen molar-refractivity contribution in [1.29, 1.82) is 0 Å². The van der Waals surface area contributed by atoms with Crippen LogP contribution in [0.3, 0.4) is 0 Å². The number of nitrogens with one attached hydrogen (secondary N) is 3. The molecule has 0 aliphatic rings. The SMILES string of the molecule is CC(C)NC(=O)c1cccc(NC(=O)CNc2ccccc2F)c1. The fraction of sp³-hybridized carbons (Fsp3) is 0.222. The standard InChI is InChI=1S/C18H20FN3O2/c1-12(2)21-18(24)13-6-5-7-14(10-13)22-17(23)11-20-16-9-4-3-8-15(16)19/h3-10,12,20H,11H2,1-2H3,(H,21,24)(H,22,23). The number of halogens is 1. The van der Waals surface area contributed by atoms with Gasteiger partial charge in [0.2, 0.25) is 5.91 Å². The van der Waals surface area contributed by atoms with E-state index in [4.69, 9.17) is 0 Å². The molecule has 0 unspecified atom stereocenters. The highest BCUT2D eigenvalue weighted by Gasteiger charge is 2.09. The summed E-state index contributed by atoms with van der Waals surface area (Å²) in [4.78, 5) is 23.9. The predicted molar refractivity (Wildman–Crippen MR) is 92.6 cm³/mol. The number of carbonyl (C=O) groups excluding carboxylic acids is 2. The maximum Gasteiger partial charge on any atom is 0.251 e. The van der Waals surface area contributed by atoms with Gasteiger partial charge in [-0.1, -0.05) is 18.2 Å². The maximum absolute atomic E-state index is 13.5. The highest BCUT2D eigenvalue weighted by Crippen LogP contribution is 2.13. The molecule has 6 heteroatoms. The maximum atomic E-state index is 13.5. The lowest BCUT2D eigenvalue weighted by atomic mass is 10.1. The lowest BCUT2D eigenvalue weighted by molar-refractivity contribution is -0.114. The Morgan fingerprint density at radius 3 is 2.54 bits per heavy atom. The first-order valence-corrected chi connectivity index (χ1v) is 7.65. The van der Waals surface area contributed by atoms with Crippen LogP contribution in [0.5, 0.6) is 0 Å². The molecule has 126 valence electrons. The van der Waals surface area contributed by atoms with E-state index in [-0.39, 0.29) is 30.1 Å². The minimum Gasteiger partial charge on any atom is -0.374 e. The molecule has 2 aromatic rings. The molecular formula is C18H20FN3O2. The van der Waals surface area contributed by atoms with Crippen molar-refractivity contribution in [3.8, 4) is 0 Å². The molecule has 0 heterocycles. The fourth-order valence-electron chi connectivity index (χ4n) is 2.07. The average molecular weight is 329 g/mol. The quantitative estimate of drug-likeness (QED) is 0.763. The predicted octanol–water partition coefficient (Wildman–Crippen LogP) is 3.01. The Bertz CT molecular complexity index is 732. The summed E-state index contributed by atoms with van der Waals surface area (Å²) >= 11 is 0. The Balaban J connectivity index is 1.94. The van der Waals surface area contributed by atoms with Crippen LogP contribution in [0.25, 0.3) is 0 Å². The number of hydrogen-bond acceptors (Lipinski definition) is 3. The summed E-state index contributed by atoms with van der Waals surface area (Å²) < 4.78 is 13.5. The van der Waals surface area contributed by atoms with Gasteiger partial charge in [0.1, 0.15) is 5.82 Å². The number of anilines is 2. The van der Waals surface area contributed by atoms with Crippen molar-refractivity contribution in [2.45, 2.75) is 19.9 Å². The summed E-state index contributed by atoms with van der Waals surface area (Å²) in [5.74, 6) is -0.956. The second-order valence-corrected chi connectivity index (χ2v) is 5.59. The molecule has 0 aliphatic heterocycles. The Morgan fingerprint density at radius 2 is 1.83 bits per heavy atom. The Hall–Kier alpha value is -2.89. The van der Waals surface area contributed by atoms with E-state index in [1.54, 1.807) is 42.5 Å². The van der Waals surface area contributed by atoms with Crippen LogP contribution in [-0.2, 0) is 4.79 Å². The molecule has 2 aromatic carbocycles. The average Bonchev–Trinajstić information content (AvgIpc) is 2.54. The van der Waals surface area contributed by atoms with Gasteiger partial charge in [-0.25, -0.2) is 4.39 Å². The second kappa shape index (κ2) is 8.10. The van der Waals surface area contributed by atoms with E-state index in [0.717, 1.165) is 0 Å². The number of para-hydroxylation sites is 1. The molecule has 24 heavy (non-hydrogen) atoms. The van der Waals surface area contributed by atoms with Gasteiger partial charge in [-0.15, -0.1) is 0 Å². The van der Waals surface area contributed by atoms with Crippen molar-refractivity contribution in [2.24, 2.45) is 0 Å². The fourth-order valence-corrected chi connectivity index (χ4v) is 2.07. The molecule has 0 saturated heterocycles. The van der Waals surface area contributed by atoms with E-state index in [9.17, 15) is 14.0 Å². The van der Waals surface area contributed by atoms with Gasteiger partial charge in [0.15, 0.2) is 0 Å². The highest BCUT2D eigenvalue weighted by molar-refractivity contribution is 5.98. The van der Waals surface area contributed by atoms with Crippen molar-refractivity contribution in [3.63, 3.8) is 0 Å². The van der Waals surface area contributed by atoms with E-state index in [2.05, 4.69) is 16.0 Å². The summed E-state index contributed by atoms with van der Waals surface area (Å²) in [5.41, 5.74) is 1.23. The molecule has 0 aromatic heterocycles. The first kappa shape index (κ1) is 17.5. The Kier molecular flexibility index (Phi) is 5.89. The molecule has 0 atom stereocenters. The third-order valence-electron chi connectivity index (χ3n) is 3.14. The van der Waals surface area contributed by atoms with Crippen molar-refractivity contribution in [1.82, 2.24) is 5.32 Å². The summed E-state index contributed by atoms with van der Waals surface area (Å²) in [5, 5.41) is 8.19. The molecule has 0 spiro atoms. The van der Waals surface area contributed by atoms with E-state index < -0.39 is 5.82 Å². The minimum atomic E-state index is -0.419. The summed E-state index contributed by atoms with van der Waals surface area (Å²) in [7, 11) is 0. The Morgan fingerprint density at radius 1 is 1.08 bits per heavy atom. The first-order valence-electron chi connectivity index (χ1n) is 7.65. The third-order valence-corrected chi connectivity index (χ3v) is 3.14. The number of carbonyl (C=O) groups is 2. The van der Waals surface area contributed by atoms with Crippen LogP contribution < -0.4 is 16.0 Å². The molecule has 2 rings (SSSR count). The van der Waals surface area contributed by atoms with Crippen LogP contribution in [-0.4, -0.2) is 24.4 Å². The molecule has 3 N–H and O–H groups in total. The van der Waals surface area contributed by atoms with Crippen molar-refractivity contribution in [2.75, 3.05) is 17.2 Å². The highest BCUT2D eigenvalue weighted by atomic mass is 19.1. The number of benzene rings is 2. The molecule has 5 nitrogen and oxygen atoms in total. The van der Waals surface area contributed by atoms with Crippen LogP contribution in [0, 0.1) is 5.82 Å². The van der Waals surface area contributed by atoms with Gasteiger partial charge in [-0.05, 0) is 44.2 Å². The largest absolute Gasteiger partial charge is 0.374 e. The first-order chi connectivity index (χ1) is 11.5. The molecule has 0 bridgehead atoms. The van der Waals surface area contributed by atoms with Gasteiger partial charge in [0, 0.05) is 17.3 Å². The van der Waals surface area contributed by atoms with Crippen molar-refractivity contribution >= 4 is 23.2 Å². The van der Waals surface area contributed by atoms with E-state index in [1.165, 1.54) is 6.07 Å². The van der Waals surface area contributed by atoms with Crippen LogP contribution in [0.1, 0.15) is 24.2 Å². The normalized spacial score (nSPS) is 10.3. The van der Waals surface area contributed by atoms with Crippen LogP contribution in [0.15, 0.2) is 48.5 Å². The molecule has 0 radical (unpaired) electrons. The smallest absolute Gasteiger partial charge is 0.251 e. The van der Waals surface area contributed by atoms with Crippen LogP contribution in [0.2, 0.25) is 0 Å². The van der Waals surface area contributed by atoms with Crippen molar-refractivity contribution < 1.29 is 14.0 Å². The van der Waals surface area contributed by atoms with E-state index >= 15 is 0 Å². The van der Waals surface area contributed by atoms with Gasteiger partial charge in [0.25, 0.3) is 5.91 Å². The molecular weight excluding hydrogens is 309 g/mol. The van der Waals surface area contributed by atoms with Crippen LogP contribution >= 0.6 is 0 Å². The zero-order chi connectivity index (χ0) is 17.5. The van der Waals surface area contributed by atoms with E-state index in [1.807, 2.05) is 13.8 Å². The van der Waals surface area contributed by atoms with Crippen molar-refractivity contribution in [3.05, 3.63) is 59.9 Å². The van der Waals surface area contributed by atoms with Crippen LogP contribution in [0.4, 0.5) is 15.8 Å². The summed E-state index contributed by atoms with van der Waals surface area (Å²) in [6.45, 7) is 3.67. The van der Waals surface area contributed by atoms with E-state index in [0.29, 0.717) is 11.3 Å².